The van der Waals surface area contributed by atoms with Crippen LogP contribution in [0.4, 0.5) is 5.00 Å². The average Bonchev–Trinajstić information content (AvgIpc) is 3.38. The number of hydrogen-bond donors (Lipinski definition) is 2. The van der Waals surface area contributed by atoms with Gasteiger partial charge in [0.05, 0.1) is 37.2 Å². The monoisotopic (exact) mass is 635 g/mol. The summed E-state index contributed by atoms with van der Waals surface area (Å²) in [4.78, 5) is 51.7. The molecule has 2 N–H and O–H groups in total. The molecule has 1 unspecified atom stereocenters. The van der Waals surface area contributed by atoms with E-state index in [9.17, 15) is 19.2 Å². The number of fused-ring (bicyclic) bond motifs is 1. The molecular weight excluding hydrogens is 598 g/mol. The molecule has 11 nitrogen and oxygen atoms in total. The zero-order valence-corrected chi connectivity index (χ0v) is 26.6. The Morgan fingerprint density at radius 3 is 2.44 bits per heavy atom. The number of rotatable bonds is 12. The molecule has 45 heavy (non-hydrogen) atoms. The Morgan fingerprint density at radius 1 is 0.956 bits per heavy atom. The molecule has 0 saturated carbocycles. The maximum atomic E-state index is 12.7. The summed E-state index contributed by atoms with van der Waals surface area (Å²) in [6, 6.07) is 11.4. The van der Waals surface area contributed by atoms with Crippen LogP contribution in [0.2, 0.25) is 0 Å². The summed E-state index contributed by atoms with van der Waals surface area (Å²) in [5, 5.41) is 6.75. The normalized spacial score (nSPS) is 13.9. The predicted octanol–water partition coefficient (Wildman–Crippen LogP) is 5.55. The SMILES string of the molecule is CCCOc1ccc(C(=O)Oc2ccc(C=NNC(=O)C(=O)Nc3sc4c(c3C(=O)OCC)CCC(C)C4)cc2OCC)cc1. The smallest absolute Gasteiger partial charge is 0.343 e. The Hall–Kier alpha value is -4.71. The van der Waals surface area contributed by atoms with Crippen LogP contribution in [0.1, 0.15) is 77.3 Å². The molecule has 12 heteroatoms. The first-order valence-corrected chi connectivity index (χ1v) is 15.7. The van der Waals surface area contributed by atoms with Crippen LogP contribution in [0.15, 0.2) is 47.6 Å². The molecule has 1 aliphatic rings. The second kappa shape index (κ2) is 15.8. The zero-order valence-electron chi connectivity index (χ0n) is 25.8. The summed E-state index contributed by atoms with van der Waals surface area (Å²) in [5.41, 5.74) is 4.25. The molecule has 0 spiro atoms. The number of nitrogens with one attached hydrogen (secondary N) is 2. The minimum Gasteiger partial charge on any atom is -0.494 e. The van der Waals surface area contributed by atoms with Crippen molar-refractivity contribution in [2.24, 2.45) is 11.0 Å². The Kier molecular flexibility index (Phi) is 11.7. The summed E-state index contributed by atoms with van der Waals surface area (Å²) in [6.07, 6.45) is 4.63. The van der Waals surface area contributed by atoms with Crippen molar-refractivity contribution in [3.05, 3.63) is 69.6 Å². The summed E-state index contributed by atoms with van der Waals surface area (Å²) < 4.78 is 22.0. The van der Waals surface area contributed by atoms with Crippen LogP contribution in [0.25, 0.3) is 0 Å². The lowest BCUT2D eigenvalue weighted by Gasteiger charge is -2.18. The molecule has 4 rings (SSSR count). The lowest BCUT2D eigenvalue weighted by atomic mass is 9.88. The van der Waals surface area contributed by atoms with Crippen LogP contribution in [0, 0.1) is 5.92 Å². The topological polar surface area (TPSA) is 142 Å². The lowest BCUT2D eigenvalue weighted by Crippen LogP contribution is -2.32. The van der Waals surface area contributed by atoms with Gasteiger partial charge < -0.3 is 24.3 Å². The maximum Gasteiger partial charge on any atom is 0.343 e. The third-order valence-electron chi connectivity index (χ3n) is 6.84. The molecule has 3 aromatic rings. The highest BCUT2D eigenvalue weighted by Crippen LogP contribution is 2.40. The van der Waals surface area contributed by atoms with Crippen molar-refractivity contribution < 1.29 is 38.1 Å². The molecule has 0 saturated heterocycles. The highest BCUT2D eigenvalue weighted by Gasteiger charge is 2.30. The van der Waals surface area contributed by atoms with Crippen LogP contribution in [0.5, 0.6) is 17.2 Å². The van der Waals surface area contributed by atoms with E-state index in [1.54, 1.807) is 56.3 Å². The number of nitrogens with zero attached hydrogens (tertiary/aromatic N) is 1. The van der Waals surface area contributed by atoms with Gasteiger partial charge >= 0.3 is 23.8 Å². The number of anilines is 1. The summed E-state index contributed by atoms with van der Waals surface area (Å²) in [6.45, 7) is 8.74. The molecule has 0 fully saturated rings. The minimum atomic E-state index is -1.01. The molecule has 1 aliphatic carbocycles. The molecule has 1 aromatic heterocycles. The fourth-order valence-corrected chi connectivity index (χ4v) is 6.05. The fourth-order valence-electron chi connectivity index (χ4n) is 4.66. The van der Waals surface area contributed by atoms with Crippen LogP contribution in [0.3, 0.4) is 0 Å². The van der Waals surface area contributed by atoms with Crippen molar-refractivity contribution in [3.8, 4) is 17.2 Å². The number of ether oxygens (including phenoxy) is 4. The second-order valence-electron chi connectivity index (χ2n) is 10.3. The number of amides is 2. The van der Waals surface area contributed by atoms with Gasteiger partial charge in [-0.2, -0.15) is 5.10 Å². The average molecular weight is 636 g/mol. The molecule has 238 valence electrons. The molecule has 0 bridgehead atoms. The van der Waals surface area contributed by atoms with E-state index in [4.69, 9.17) is 18.9 Å². The van der Waals surface area contributed by atoms with Gasteiger partial charge in [-0.25, -0.2) is 15.0 Å². The summed E-state index contributed by atoms with van der Waals surface area (Å²) >= 11 is 1.29. The van der Waals surface area contributed by atoms with Gasteiger partial charge in [-0.1, -0.05) is 13.8 Å². The van der Waals surface area contributed by atoms with Gasteiger partial charge in [-0.05, 0) is 99.0 Å². The number of benzene rings is 2. The number of hydrogen-bond acceptors (Lipinski definition) is 10. The fraction of sp³-hybridized carbons (Fsp3) is 0.364. The van der Waals surface area contributed by atoms with Crippen molar-refractivity contribution in [3.63, 3.8) is 0 Å². The maximum absolute atomic E-state index is 12.7. The zero-order chi connectivity index (χ0) is 32.3. The number of carbonyl (C=O) groups excluding carboxylic acids is 4. The van der Waals surface area contributed by atoms with E-state index >= 15 is 0 Å². The molecule has 1 heterocycles. The van der Waals surface area contributed by atoms with E-state index in [0.717, 1.165) is 29.7 Å². The van der Waals surface area contributed by atoms with Crippen molar-refractivity contribution in [2.45, 2.75) is 53.4 Å². The van der Waals surface area contributed by atoms with Gasteiger partial charge in [0.1, 0.15) is 10.8 Å². The molecule has 1 atom stereocenters. The molecular formula is C33H37N3O8S. The Morgan fingerprint density at radius 2 is 1.73 bits per heavy atom. The lowest BCUT2D eigenvalue weighted by molar-refractivity contribution is -0.136. The van der Waals surface area contributed by atoms with Crippen LogP contribution >= 0.6 is 11.3 Å². The van der Waals surface area contributed by atoms with Crippen molar-refractivity contribution >= 4 is 46.3 Å². The molecule has 2 aromatic carbocycles. The van der Waals surface area contributed by atoms with Gasteiger partial charge in [0.2, 0.25) is 0 Å². The molecule has 2 amide bonds. The number of thiophene rings is 1. The largest absolute Gasteiger partial charge is 0.494 e. The van der Waals surface area contributed by atoms with E-state index in [1.807, 2.05) is 6.92 Å². The predicted molar refractivity (Wildman–Crippen MR) is 171 cm³/mol. The highest BCUT2D eigenvalue weighted by atomic mass is 32.1. The Bertz CT molecular complexity index is 1560. The van der Waals surface area contributed by atoms with Gasteiger partial charge in [-0.3, -0.25) is 9.59 Å². The number of carbonyl (C=O) groups is 4. The number of hydrazone groups is 1. The molecule has 0 radical (unpaired) electrons. The van der Waals surface area contributed by atoms with E-state index < -0.39 is 23.8 Å². The first kappa shape index (κ1) is 33.2. The van der Waals surface area contributed by atoms with Crippen LogP contribution < -0.4 is 25.0 Å². The summed E-state index contributed by atoms with van der Waals surface area (Å²) in [5.74, 6) is -1.44. The third kappa shape index (κ3) is 8.69. The van der Waals surface area contributed by atoms with E-state index in [0.29, 0.717) is 58.7 Å². The van der Waals surface area contributed by atoms with Gasteiger partial charge in [0.15, 0.2) is 11.5 Å². The highest BCUT2D eigenvalue weighted by molar-refractivity contribution is 7.17. The Balaban J connectivity index is 1.39. The van der Waals surface area contributed by atoms with Crippen molar-refractivity contribution in [1.29, 1.82) is 0 Å². The first-order valence-electron chi connectivity index (χ1n) is 14.9. The minimum absolute atomic E-state index is 0.194. The van der Waals surface area contributed by atoms with Crippen LogP contribution in [-0.2, 0) is 27.2 Å². The number of esters is 2. The second-order valence-corrected chi connectivity index (χ2v) is 11.4. The van der Waals surface area contributed by atoms with Gasteiger partial charge in [-0.15, -0.1) is 11.3 Å². The van der Waals surface area contributed by atoms with Gasteiger partial charge in [0.25, 0.3) is 0 Å². The van der Waals surface area contributed by atoms with Crippen molar-refractivity contribution in [2.75, 3.05) is 25.1 Å². The standard InChI is InChI=1S/C33H37N3O8S/c1-5-16-43-23-12-10-22(11-13-23)32(39)44-25-15-9-21(18-26(25)41-6-2)19-34-36-30(38)29(37)35-31-28(33(40)42-7-3)24-14-8-20(4)17-27(24)45-31/h9-13,15,18-20H,5-8,14,16-17H2,1-4H3,(H,35,37)(H,36,38). The quantitative estimate of drug-likeness (QED) is 0.0868. The summed E-state index contributed by atoms with van der Waals surface area (Å²) in [7, 11) is 0. The Labute approximate surface area is 265 Å². The van der Waals surface area contributed by atoms with E-state index in [1.165, 1.54) is 17.6 Å². The van der Waals surface area contributed by atoms with Gasteiger partial charge in [0, 0.05) is 4.88 Å². The molecule has 0 aliphatic heterocycles. The van der Waals surface area contributed by atoms with Crippen molar-refractivity contribution in [1.82, 2.24) is 5.43 Å². The van der Waals surface area contributed by atoms with E-state index in [2.05, 4.69) is 22.8 Å². The third-order valence-corrected chi connectivity index (χ3v) is 8.01. The first-order chi connectivity index (χ1) is 21.7. The van der Waals surface area contributed by atoms with Crippen LogP contribution in [-0.4, -0.2) is 49.8 Å². The van der Waals surface area contributed by atoms with E-state index in [-0.39, 0.29) is 12.4 Å².